The van der Waals surface area contributed by atoms with Crippen LogP contribution in [0.15, 0.2) is 84.0 Å². The number of amides is 2. The Bertz CT molecular complexity index is 1500. The highest BCUT2D eigenvalue weighted by Crippen LogP contribution is 2.38. The molecule has 0 radical (unpaired) electrons. The van der Waals surface area contributed by atoms with Crippen molar-refractivity contribution in [2.24, 2.45) is 4.99 Å². The Hall–Kier alpha value is -4.52. The monoisotopic (exact) mass is 447 g/mol. The fraction of sp³-hybridized carbons (Fsp3) is 0.111. The highest BCUT2D eigenvalue weighted by molar-refractivity contribution is 6.21. The molecule has 0 spiro atoms. The van der Waals surface area contributed by atoms with Crippen LogP contribution >= 0.6 is 0 Å². The third-order valence-electron chi connectivity index (χ3n) is 6.27. The van der Waals surface area contributed by atoms with Gasteiger partial charge in [0.2, 0.25) is 6.17 Å². The predicted octanol–water partition coefficient (Wildman–Crippen LogP) is 3.31. The van der Waals surface area contributed by atoms with Crippen LogP contribution in [0.4, 0.5) is 11.4 Å². The average molecular weight is 447 g/mol. The average Bonchev–Trinajstić information content (AvgIpc) is 3.25. The van der Waals surface area contributed by atoms with Crippen LogP contribution in [-0.2, 0) is 11.2 Å². The molecule has 6 rings (SSSR count). The summed E-state index contributed by atoms with van der Waals surface area (Å²) in [6.45, 7) is 0.520. The summed E-state index contributed by atoms with van der Waals surface area (Å²) >= 11 is 0. The van der Waals surface area contributed by atoms with E-state index in [1.54, 1.807) is 11.0 Å². The van der Waals surface area contributed by atoms with Crippen molar-refractivity contribution < 1.29 is 9.59 Å². The molecular formula is C27H21N5O2. The molecule has 0 unspecified atom stereocenters. The maximum absolute atomic E-state index is 13.6. The molecule has 4 aromatic rings. The number of benzene rings is 3. The number of aromatic nitrogens is 1. The minimum atomic E-state index is -1.08. The van der Waals surface area contributed by atoms with Crippen LogP contribution < -0.4 is 16.0 Å². The number of pyridine rings is 1. The number of carbonyl (C=O) groups excluding carboxylic acids is 2. The molecule has 0 aliphatic carbocycles. The lowest BCUT2D eigenvalue weighted by atomic mass is 9.97. The second-order valence-electron chi connectivity index (χ2n) is 8.45. The number of hydrogen-bond donors (Lipinski definition) is 2. The molecule has 3 heterocycles. The number of nitrogen functional groups attached to an aromatic ring is 1. The smallest absolute Gasteiger partial charge is 0.272 e. The molecule has 166 valence electrons. The van der Waals surface area contributed by atoms with Gasteiger partial charge in [-0.1, -0.05) is 48.5 Å². The summed E-state index contributed by atoms with van der Waals surface area (Å²) in [6.07, 6.45) is 1.15. The van der Waals surface area contributed by atoms with E-state index in [1.165, 1.54) is 6.20 Å². The summed E-state index contributed by atoms with van der Waals surface area (Å²) in [4.78, 5) is 37.6. The van der Waals surface area contributed by atoms with E-state index in [2.05, 4.69) is 10.3 Å². The van der Waals surface area contributed by atoms with Crippen molar-refractivity contribution in [1.82, 2.24) is 10.3 Å². The Morgan fingerprint density at radius 2 is 1.82 bits per heavy atom. The lowest BCUT2D eigenvalue weighted by Gasteiger charge is -2.21. The molecule has 2 aliphatic rings. The first-order valence-electron chi connectivity index (χ1n) is 11.1. The third kappa shape index (κ3) is 3.29. The minimum absolute atomic E-state index is 0.266. The maximum atomic E-state index is 13.6. The molecule has 7 heteroatoms. The Morgan fingerprint density at radius 3 is 2.68 bits per heavy atom. The second-order valence-corrected chi connectivity index (χ2v) is 8.45. The van der Waals surface area contributed by atoms with Crippen LogP contribution in [0, 0.1) is 0 Å². The van der Waals surface area contributed by atoms with Crippen LogP contribution in [-0.4, -0.2) is 35.2 Å². The molecule has 3 N–H and O–H groups in total. The van der Waals surface area contributed by atoms with E-state index in [-0.39, 0.29) is 5.91 Å². The summed E-state index contributed by atoms with van der Waals surface area (Å²) < 4.78 is 0. The molecule has 3 aromatic carbocycles. The zero-order valence-electron chi connectivity index (χ0n) is 18.2. The molecule has 0 bridgehead atoms. The van der Waals surface area contributed by atoms with E-state index >= 15 is 0 Å². The molecule has 0 fully saturated rings. The van der Waals surface area contributed by atoms with Crippen LogP contribution in [0.1, 0.15) is 27.0 Å². The van der Waals surface area contributed by atoms with Gasteiger partial charge in [0, 0.05) is 34.9 Å². The summed E-state index contributed by atoms with van der Waals surface area (Å²) in [5.41, 5.74) is 12.1. The lowest BCUT2D eigenvalue weighted by molar-refractivity contribution is -0.120. The fourth-order valence-corrected chi connectivity index (χ4v) is 4.70. The van der Waals surface area contributed by atoms with Gasteiger partial charge in [0.05, 0.1) is 22.5 Å². The minimum Gasteiger partial charge on any atom is -0.399 e. The summed E-state index contributed by atoms with van der Waals surface area (Å²) in [6, 6.07) is 22.8. The van der Waals surface area contributed by atoms with Crippen molar-refractivity contribution in [3.05, 3.63) is 101 Å². The first-order valence-corrected chi connectivity index (χ1v) is 11.1. The Morgan fingerprint density at radius 1 is 1.03 bits per heavy atom. The molecule has 1 aromatic heterocycles. The molecule has 7 nitrogen and oxygen atoms in total. The van der Waals surface area contributed by atoms with Crippen LogP contribution in [0.5, 0.6) is 0 Å². The quantitative estimate of drug-likeness (QED) is 0.471. The largest absolute Gasteiger partial charge is 0.399 e. The molecular weight excluding hydrogens is 426 g/mol. The number of hydrogen-bond acceptors (Lipinski definition) is 5. The van der Waals surface area contributed by atoms with Crippen molar-refractivity contribution in [2.45, 2.75) is 12.6 Å². The van der Waals surface area contributed by atoms with Crippen molar-refractivity contribution >= 4 is 39.8 Å². The number of fused-ring (bicyclic) bond motifs is 1. The van der Waals surface area contributed by atoms with E-state index in [0.29, 0.717) is 29.9 Å². The molecule has 2 amide bonds. The molecule has 34 heavy (non-hydrogen) atoms. The summed E-state index contributed by atoms with van der Waals surface area (Å²) in [5.74, 6) is -0.671. The number of anilines is 2. The highest BCUT2D eigenvalue weighted by Gasteiger charge is 2.37. The third-order valence-corrected chi connectivity index (χ3v) is 6.27. The topological polar surface area (TPSA) is 101 Å². The number of nitrogens with two attached hydrogens (primary N) is 1. The number of aliphatic imine (C=N–C) groups is 1. The molecule has 2 aliphatic heterocycles. The predicted molar refractivity (Wildman–Crippen MR) is 132 cm³/mol. The Balaban J connectivity index is 1.44. The van der Waals surface area contributed by atoms with Crippen LogP contribution in [0.25, 0.3) is 10.9 Å². The zero-order chi connectivity index (χ0) is 23.2. The van der Waals surface area contributed by atoms with Crippen molar-refractivity contribution in [3.8, 4) is 0 Å². The van der Waals surface area contributed by atoms with Gasteiger partial charge in [-0.2, -0.15) is 0 Å². The number of rotatable bonds is 3. The first-order chi connectivity index (χ1) is 16.6. The maximum Gasteiger partial charge on any atom is 0.272 e. The van der Waals surface area contributed by atoms with Gasteiger partial charge in [0.1, 0.15) is 0 Å². The van der Waals surface area contributed by atoms with Gasteiger partial charge >= 0.3 is 0 Å². The molecule has 1 atom stereocenters. The summed E-state index contributed by atoms with van der Waals surface area (Å²) in [7, 11) is 0. The molecule has 0 saturated heterocycles. The zero-order valence-corrected chi connectivity index (χ0v) is 18.2. The lowest BCUT2D eigenvalue weighted by Crippen LogP contribution is -2.47. The van der Waals surface area contributed by atoms with Gasteiger partial charge < -0.3 is 16.0 Å². The van der Waals surface area contributed by atoms with E-state index in [1.807, 2.05) is 66.7 Å². The number of para-hydroxylation sites is 1. The van der Waals surface area contributed by atoms with E-state index in [9.17, 15) is 9.59 Å². The van der Waals surface area contributed by atoms with Crippen LogP contribution in [0.2, 0.25) is 0 Å². The highest BCUT2D eigenvalue weighted by atomic mass is 16.2. The SMILES string of the molecule is Nc1cc2c3c(c1)C(c1ccccc1)=N[C@@H](NC(=O)c1cnc4ccccc4c1)C(=O)N3CC2. The van der Waals surface area contributed by atoms with E-state index in [0.717, 1.165) is 33.3 Å². The number of carbonyl (C=O) groups is 2. The summed E-state index contributed by atoms with van der Waals surface area (Å²) in [5, 5.41) is 3.69. The van der Waals surface area contributed by atoms with Gasteiger partial charge in [-0.15, -0.1) is 0 Å². The number of nitrogens with zero attached hydrogens (tertiary/aromatic N) is 3. The van der Waals surface area contributed by atoms with Crippen molar-refractivity contribution in [2.75, 3.05) is 17.2 Å². The first kappa shape index (κ1) is 20.1. The van der Waals surface area contributed by atoms with Gasteiger partial charge in [-0.3, -0.25) is 14.6 Å². The van der Waals surface area contributed by atoms with Gasteiger partial charge in [-0.05, 0) is 36.2 Å². The number of nitrogens with one attached hydrogen (secondary N) is 1. The Kier molecular flexibility index (Phi) is 4.62. The normalized spacial score (nSPS) is 16.7. The van der Waals surface area contributed by atoms with Crippen molar-refractivity contribution in [1.29, 1.82) is 0 Å². The van der Waals surface area contributed by atoms with Gasteiger partial charge in [0.25, 0.3) is 11.8 Å². The van der Waals surface area contributed by atoms with Gasteiger partial charge in [0.15, 0.2) is 0 Å². The van der Waals surface area contributed by atoms with E-state index in [4.69, 9.17) is 10.7 Å². The van der Waals surface area contributed by atoms with Gasteiger partial charge in [-0.25, -0.2) is 4.99 Å². The Labute approximate surface area is 195 Å². The molecule has 0 saturated carbocycles. The van der Waals surface area contributed by atoms with Crippen molar-refractivity contribution in [3.63, 3.8) is 0 Å². The van der Waals surface area contributed by atoms with E-state index < -0.39 is 12.1 Å². The fourth-order valence-electron chi connectivity index (χ4n) is 4.70. The van der Waals surface area contributed by atoms with Crippen LogP contribution in [0.3, 0.4) is 0 Å². The second kappa shape index (κ2) is 7.81. The standard InChI is InChI=1S/C27H21N5O2/c28-20-13-18-10-11-32-24(18)21(14-20)23(16-6-2-1-3-7-16)30-25(27(32)34)31-26(33)19-12-17-8-4-5-9-22(17)29-15-19/h1-9,12-15,25H,10-11,28H2,(H,31,33)/t25-/m0/s1.